The van der Waals surface area contributed by atoms with Gasteiger partial charge in [0.05, 0.1) is 12.1 Å². The lowest BCUT2D eigenvalue weighted by molar-refractivity contribution is -0.105. The van der Waals surface area contributed by atoms with E-state index in [9.17, 15) is 9.59 Å². The first kappa shape index (κ1) is 14.1. The molecule has 20 heavy (non-hydrogen) atoms. The van der Waals surface area contributed by atoms with E-state index in [0.717, 1.165) is 11.8 Å². The van der Waals surface area contributed by atoms with Gasteiger partial charge in [0.25, 0.3) is 0 Å². The lowest BCUT2D eigenvalue weighted by atomic mass is 10.1. The number of amides is 2. The summed E-state index contributed by atoms with van der Waals surface area (Å²) in [6.45, 7) is 4.79. The maximum atomic E-state index is 11.8. The van der Waals surface area contributed by atoms with E-state index in [0.29, 0.717) is 24.5 Å². The Hall–Kier alpha value is -2.30. The van der Waals surface area contributed by atoms with Gasteiger partial charge in [-0.3, -0.25) is 10.1 Å². The zero-order valence-electron chi connectivity index (χ0n) is 11.7. The maximum absolute atomic E-state index is 11.8. The first-order chi connectivity index (χ1) is 9.65. The smallest absolute Gasteiger partial charge is 0.323 e. The number of rotatable bonds is 5. The number of nitrogens with one attached hydrogen (secondary N) is 2. The Morgan fingerprint density at radius 3 is 2.70 bits per heavy atom. The lowest BCUT2D eigenvalue weighted by Crippen LogP contribution is -2.49. The Morgan fingerprint density at radius 1 is 1.40 bits per heavy atom. The summed E-state index contributed by atoms with van der Waals surface area (Å²) in [5.74, 6) is 0.506. The number of urea groups is 1. The molecule has 0 spiro atoms. The highest BCUT2D eigenvalue weighted by Crippen LogP contribution is 2.15. The average Bonchev–Trinajstić information content (AvgIpc) is 2.48. The highest BCUT2D eigenvalue weighted by atomic mass is 16.2. The monoisotopic (exact) mass is 273 g/mol. The molecule has 2 amide bonds. The third kappa shape index (κ3) is 2.99. The third-order valence-electron chi connectivity index (χ3n) is 3.39. The zero-order valence-corrected chi connectivity index (χ0v) is 11.7. The van der Waals surface area contributed by atoms with Gasteiger partial charge in [-0.05, 0) is 19.4 Å². The Bertz CT molecular complexity index is 525. The van der Waals surface area contributed by atoms with Crippen molar-refractivity contribution in [1.82, 2.24) is 15.5 Å². The van der Waals surface area contributed by atoms with E-state index < -0.39 is 0 Å². The summed E-state index contributed by atoms with van der Waals surface area (Å²) >= 11 is 0. The van der Waals surface area contributed by atoms with Gasteiger partial charge in [-0.25, -0.2) is 4.79 Å². The Balaban J connectivity index is 2.16. The summed E-state index contributed by atoms with van der Waals surface area (Å²) in [7, 11) is 0. The Labute approximate surface area is 118 Å². The lowest BCUT2D eigenvalue weighted by Gasteiger charge is -2.30. The van der Waals surface area contributed by atoms with E-state index in [1.807, 2.05) is 44.2 Å². The second-order valence-electron chi connectivity index (χ2n) is 4.74. The molecule has 106 valence electrons. The van der Waals surface area contributed by atoms with Crippen LogP contribution in [0.5, 0.6) is 0 Å². The number of benzene rings is 1. The summed E-state index contributed by atoms with van der Waals surface area (Å²) < 4.78 is 0. The van der Waals surface area contributed by atoms with Crippen LogP contribution in [0, 0.1) is 0 Å². The zero-order chi connectivity index (χ0) is 14.5. The van der Waals surface area contributed by atoms with Gasteiger partial charge in [-0.2, -0.15) is 0 Å². The van der Waals surface area contributed by atoms with Crippen molar-refractivity contribution in [3.05, 3.63) is 47.3 Å². The van der Waals surface area contributed by atoms with E-state index >= 15 is 0 Å². The Morgan fingerprint density at radius 2 is 2.10 bits per heavy atom. The van der Waals surface area contributed by atoms with Crippen LogP contribution in [0.3, 0.4) is 0 Å². The van der Waals surface area contributed by atoms with Crippen molar-refractivity contribution in [3.63, 3.8) is 0 Å². The van der Waals surface area contributed by atoms with Crippen LogP contribution in [0.2, 0.25) is 0 Å². The molecule has 0 saturated heterocycles. The minimum Gasteiger partial charge on any atom is -0.365 e. The van der Waals surface area contributed by atoms with Crippen LogP contribution >= 0.6 is 0 Å². The molecule has 0 radical (unpaired) electrons. The van der Waals surface area contributed by atoms with Gasteiger partial charge in [-0.15, -0.1) is 0 Å². The van der Waals surface area contributed by atoms with Crippen molar-refractivity contribution in [3.8, 4) is 0 Å². The average molecular weight is 273 g/mol. The standard InChI is InChI=1S/C15H19N3O2/c1-3-18-9-13(10-19)14(17-15(18)20)16-11(2)12-7-5-4-6-8-12/h4-8,10-11,16H,3,9H2,1-2H3,(H,17,20)/t11-/m0/s1. The molecule has 0 aromatic heterocycles. The van der Waals surface area contributed by atoms with Crippen LogP contribution in [0.4, 0.5) is 4.79 Å². The van der Waals surface area contributed by atoms with Crippen LogP contribution in [0.25, 0.3) is 0 Å². The molecule has 0 saturated carbocycles. The number of nitrogens with zero attached hydrogens (tertiary/aromatic N) is 1. The fraction of sp³-hybridized carbons (Fsp3) is 0.333. The molecule has 1 aromatic rings. The topological polar surface area (TPSA) is 61.4 Å². The van der Waals surface area contributed by atoms with E-state index in [1.165, 1.54) is 0 Å². The summed E-state index contributed by atoms with van der Waals surface area (Å²) in [4.78, 5) is 24.6. The molecule has 1 aliphatic heterocycles. The minimum atomic E-state index is -0.180. The molecule has 0 unspecified atom stereocenters. The number of aldehydes is 1. The van der Waals surface area contributed by atoms with E-state index in [-0.39, 0.29) is 12.1 Å². The first-order valence-corrected chi connectivity index (χ1v) is 6.71. The van der Waals surface area contributed by atoms with Crippen molar-refractivity contribution in [2.45, 2.75) is 19.9 Å². The second-order valence-corrected chi connectivity index (χ2v) is 4.74. The van der Waals surface area contributed by atoms with Gasteiger partial charge in [0, 0.05) is 12.6 Å². The highest BCUT2D eigenvalue weighted by molar-refractivity contribution is 5.85. The molecule has 1 heterocycles. The molecular formula is C15H19N3O2. The number of hydrogen-bond donors (Lipinski definition) is 2. The van der Waals surface area contributed by atoms with Crippen LogP contribution in [0.1, 0.15) is 25.5 Å². The van der Waals surface area contributed by atoms with E-state index in [4.69, 9.17) is 0 Å². The van der Waals surface area contributed by atoms with Crippen LogP contribution in [-0.2, 0) is 4.79 Å². The van der Waals surface area contributed by atoms with E-state index in [2.05, 4.69) is 10.6 Å². The SMILES string of the molecule is CCN1CC(C=O)=C(N[C@@H](C)c2ccccc2)NC1=O. The number of likely N-dealkylation sites (N-methyl/N-ethyl adjacent to an activating group) is 1. The quantitative estimate of drug-likeness (QED) is 0.804. The van der Waals surface area contributed by atoms with Gasteiger partial charge >= 0.3 is 6.03 Å². The number of carbonyl (C=O) groups excluding carboxylic acids is 2. The minimum absolute atomic E-state index is 0.00891. The molecular weight excluding hydrogens is 254 g/mol. The number of carbonyl (C=O) groups is 2. The molecule has 5 heteroatoms. The van der Waals surface area contributed by atoms with Crippen molar-refractivity contribution in [1.29, 1.82) is 0 Å². The van der Waals surface area contributed by atoms with Crippen molar-refractivity contribution in [2.75, 3.05) is 13.1 Å². The molecule has 2 rings (SSSR count). The van der Waals surface area contributed by atoms with Gasteiger partial charge in [0.1, 0.15) is 5.82 Å². The Kier molecular flexibility index (Phi) is 4.40. The summed E-state index contributed by atoms with van der Waals surface area (Å²) in [6, 6.07) is 9.70. The summed E-state index contributed by atoms with van der Waals surface area (Å²) in [6.07, 6.45) is 0.794. The molecule has 1 atom stereocenters. The molecule has 5 nitrogen and oxygen atoms in total. The fourth-order valence-electron chi connectivity index (χ4n) is 2.14. The van der Waals surface area contributed by atoms with Crippen molar-refractivity contribution in [2.24, 2.45) is 0 Å². The molecule has 2 N–H and O–H groups in total. The normalized spacial score (nSPS) is 16.7. The van der Waals surface area contributed by atoms with Gasteiger partial charge < -0.3 is 10.2 Å². The van der Waals surface area contributed by atoms with Gasteiger partial charge in [0.15, 0.2) is 6.29 Å². The summed E-state index contributed by atoms with van der Waals surface area (Å²) in [5.41, 5.74) is 1.66. The highest BCUT2D eigenvalue weighted by Gasteiger charge is 2.24. The molecule has 1 aromatic carbocycles. The predicted octanol–water partition coefficient (Wildman–Crippen LogP) is 1.79. The molecule has 1 aliphatic rings. The van der Waals surface area contributed by atoms with E-state index in [1.54, 1.807) is 4.90 Å². The molecule has 0 aliphatic carbocycles. The van der Waals surface area contributed by atoms with Gasteiger partial charge in [0.2, 0.25) is 0 Å². The number of hydrogen-bond acceptors (Lipinski definition) is 3. The largest absolute Gasteiger partial charge is 0.365 e. The first-order valence-electron chi connectivity index (χ1n) is 6.71. The molecule has 0 fully saturated rings. The summed E-state index contributed by atoms with van der Waals surface area (Å²) in [5, 5.41) is 5.94. The predicted molar refractivity (Wildman–Crippen MR) is 76.9 cm³/mol. The van der Waals surface area contributed by atoms with Gasteiger partial charge in [-0.1, -0.05) is 30.3 Å². The second kappa shape index (κ2) is 6.23. The fourth-order valence-corrected chi connectivity index (χ4v) is 2.14. The van der Waals surface area contributed by atoms with Crippen molar-refractivity contribution >= 4 is 12.3 Å². The van der Waals surface area contributed by atoms with Crippen LogP contribution < -0.4 is 10.6 Å². The van der Waals surface area contributed by atoms with Crippen LogP contribution in [-0.4, -0.2) is 30.3 Å². The van der Waals surface area contributed by atoms with Crippen LogP contribution in [0.15, 0.2) is 41.7 Å². The van der Waals surface area contributed by atoms with Crippen molar-refractivity contribution < 1.29 is 9.59 Å². The molecule has 0 bridgehead atoms. The maximum Gasteiger partial charge on any atom is 0.323 e. The third-order valence-corrected chi connectivity index (χ3v) is 3.39.